The Labute approximate surface area is 100 Å². The van der Waals surface area contributed by atoms with Crippen LogP contribution in [0.3, 0.4) is 0 Å². The minimum atomic E-state index is -0.398. The van der Waals surface area contributed by atoms with Crippen LogP contribution in [0.5, 0.6) is 0 Å². The number of fused-ring (bicyclic) bond motifs is 1. The molecular weight excluding hydrogens is 237 g/mol. The molecule has 8 heteroatoms. The highest BCUT2D eigenvalue weighted by molar-refractivity contribution is 5.85. The van der Waals surface area contributed by atoms with Crippen LogP contribution in [0.4, 0.5) is 16.3 Å². The standard InChI is InChI=1S/C10H8FN7/c11-5-1-2-7-6(3-5)8(15-4-14-7)18-10(13)16-9(12)17-18/h1-4H,(H4,12,13,16,17). The van der Waals surface area contributed by atoms with Gasteiger partial charge in [-0.1, -0.05) is 0 Å². The lowest BCUT2D eigenvalue weighted by Crippen LogP contribution is -2.06. The lowest BCUT2D eigenvalue weighted by molar-refractivity contribution is 0.629. The fourth-order valence-electron chi connectivity index (χ4n) is 1.68. The summed E-state index contributed by atoms with van der Waals surface area (Å²) in [7, 11) is 0. The van der Waals surface area contributed by atoms with Crippen LogP contribution in [0.15, 0.2) is 24.5 Å². The van der Waals surface area contributed by atoms with Crippen LogP contribution in [0.2, 0.25) is 0 Å². The number of aromatic nitrogens is 5. The summed E-state index contributed by atoms with van der Waals surface area (Å²) in [5.74, 6) is 0.0406. The molecule has 0 aliphatic rings. The topological polar surface area (TPSA) is 109 Å². The molecule has 0 saturated carbocycles. The number of halogens is 1. The molecule has 90 valence electrons. The number of rotatable bonds is 1. The minimum Gasteiger partial charge on any atom is -0.368 e. The van der Waals surface area contributed by atoms with Gasteiger partial charge in [0.2, 0.25) is 11.9 Å². The number of nitrogen functional groups attached to an aromatic ring is 2. The van der Waals surface area contributed by atoms with Gasteiger partial charge < -0.3 is 11.5 Å². The zero-order valence-corrected chi connectivity index (χ0v) is 9.08. The maximum atomic E-state index is 13.3. The SMILES string of the molecule is Nc1nc(N)n(-c2ncnc3ccc(F)cc23)n1. The van der Waals surface area contributed by atoms with E-state index in [1.54, 1.807) is 6.07 Å². The second-order valence-corrected chi connectivity index (χ2v) is 3.60. The third kappa shape index (κ3) is 1.51. The minimum absolute atomic E-state index is 0.0238. The number of nitrogens with two attached hydrogens (primary N) is 2. The fourth-order valence-corrected chi connectivity index (χ4v) is 1.68. The van der Waals surface area contributed by atoms with E-state index in [-0.39, 0.29) is 11.9 Å². The van der Waals surface area contributed by atoms with Gasteiger partial charge in [-0.05, 0) is 18.2 Å². The molecule has 2 heterocycles. The van der Waals surface area contributed by atoms with Crippen LogP contribution in [0, 0.1) is 5.82 Å². The molecule has 18 heavy (non-hydrogen) atoms. The third-order valence-electron chi connectivity index (χ3n) is 2.43. The lowest BCUT2D eigenvalue weighted by atomic mass is 10.2. The van der Waals surface area contributed by atoms with Crippen LogP contribution < -0.4 is 11.5 Å². The normalized spacial score (nSPS) is 10.9. The Hall–Kier alpha value is -2.77. The van der Waals surface area contributed by atoms with Gasteiger partial charge >= 0.3 is 0 Å². The first-order valence-electron chi connectivity index (χ1n) is 5.04. The van der Waals surface area contributed by atoms with Crippen molar-refractivity contribution < 1.29 is 4.39 Å². The molecule has 0 atom stereocenters. The molecule has 3 aromatic rings. The Morgan fingerprint density at radius 1 is 1.17 bits per heavy atom. The molecule has 0 amide bonds. The van der Waals surface area contributed by atoms with E-state index in [9.17, 15) is 4.39 Å². The van der Waals surface area contributed by atoms with Gasteiger partial charge in [-0.25, -0.2) is 14.4 Å². The summed E-state index contributed by atoms with van der Waals surface area (Å²) in [5.41, 5.74) is 11.7. The molecule has 4 N–H and O–H groups in total. The van der Waals surface area contributed by atoms with E-state index in [0.717, 1.165) is 0 Å². The number of benzene rings is 1. The maximum absolute atomic E-state index is 13.3. The maximum Gasteiger partial charge on any atom is 0.241 e. The average molecular weight is 245 g/mol. The van der Waals surface area contributed by atoms with Crippen molar-refractivity contribution in [3.05, 3.63) is 30.3 Å². The summed E-state index contributed by atoms with van der Waals surface area (Å²) in [6.45, 7) is 0. The van der Waals surface area contributed by atoms with E-state index in [0.29, 0.717) is 16.7 Å². The van der Waals surface area contributed by atoms with E-state index in [1.807, 2.05) is 0 Å². The molecule has 0 fully saturated rings. The van der Waals surface area contributed by atoms with E-state index in [2.05, 4.69) is 20.1 Å². The van der Waals surface area contributed by atoms with Crippen LogP contribution >= 0.6 is 0 Å². The first kappa shape index (κ1) is 10.4. The molecule has 0 unspecified atom stereocenters. The molecule has 0 radical (unpaired) electrons. The monoisotopic (exact) mass is 245 g/mol. The van der Waals surface area contributed by atoms with Gasteiger partial charge in [0, 0.05) is 5.39 Å². The van der Waals surface area contributed by atoms with Crippen LogP contribution in [-0.2, 0) is 0 Å². The highest BCUT2D eigenvalue weighted by Crippen LogP contribution is 2.20. The number of anilines is 2. The summed E-state index contributed by atoms with van der Waals surface area (Å²) in [4.78, 5) is 11.8. The van der Waals surface area contributed by atoms with E-state index < -0.39 is 5.82 Å². The summed E-state index contributed by atoms with van der Waals surface area (Å²) < 4.78 is 14.5. The van der Waals surface area contributed by atoms with Crippen molar-refractivity contribution in [3.63, 3.8) is 0 Å². The van der Waals surface area contributed by atoms with Crippen LogP contribution in [-0.4, -0.2) is 24.7 Å². The molecule has 0 aliphatic carbocycles. The van der Waals surface area contributed by atoms with Crippen molar-refractivity contribution in [1.82, 2.24) is 24.7 Å². The van der Waals surface area contributed by atoms with Crippen molar-refractivity contribution in [2.24, 2.45) is 0 Å². The third-order valence-corrected chi connectivity index (χ3v) is 2.43. The lowest BCUT2D eigenvalue weighted by Gasteiger charge is -2.05. The van der Waals surface area contributed by atoms with Crippen molar-refractivity contribution in [2.75, 3.05) is 11.5 Å². The first-order chi connectivity index (χ1) is 8.65. The quantitative estimate of drug-likeness (QED) is 0.646. The fraction of sp³-hybridized carbons (Fsp3) is 0. The summed E-state index contributed by atoms with van der Waals surface area (Å²) in [5, 5.41) is 4.39. The number of hydrogen-bond donors (Lipinski definition) is 2. The van der Waals surface area contributed by atoms with Gasteiger partial charge in [-0.2, -0.15) is 9.67 Å². The van der Waals surface area contributed by atoms with Gasteiger partial charge in [0.05, 0.1) is 5.52 Å². The molecule has 2 aromatic heterocycles. The van der Waals surface area contributed by atoms with Gasteiger partial charge in [-0.3, -0.25) is 0 Å². The second-order valence-electron chi connectivity index (χ2n) is 3.60. The van der Waals surface area contributed by atoms with Crippen molar-refractivity contribution in [1.29, 1.82) is 0 Å². The predicted octanol–water partition coefficient (Wildman–Crippen LogP) is 0.514. The zero-order valence-electron chi connectivity index (χ0n) is 9.08. The Morgan fingerprint density at radius 2 is 2.00 bits per heavy atom. The van der Waals surface area contributed by atoms with Crippen molar-refractivity contribution >= 4 is 22.8 Å². The van der Waals surface area contributed by atoms with E-state index in [4.69, 9.17) is 11.5 Å². The summed E-state index contributed by atoms with van der Waals surface area (Å²) in [6, 6.07) is 4.17. The first-order valence-corrected chi connectivity index (χ1v) is 5.04. The van der Waals surface area contributed by atoms with Crippen LogP contribution in [0.25, 0.3) is 16.7 Å². The molecule has 1 aromatic carbocycles. The Kier molecular flexibility index (Phi) is 2.09. The largest absolute Gasteiger partial charge is 0.368 e. The van der Waals surface area contributed by atoms with Gasteiger partial charge in [0.25, 0.3) is 0 Å². The second kappa shape index (κ2) is 3.62. The van der Waals surface area contributed by atoms with E-state index >= 15 is 0 Å². The zero-order chi connectivity index (χ0) is 12.7. The Bertz CT molecular complexity index is 736. The highest BCUT2D eigenvalue weighted by Gasteiger charge is 2.12. The van der Waals surface area contributed by atoms with Gasteiger partial charge in [0.15, 0.2) is 5.82 Å². The highest BCUT2D eigenvalue weighted by atomic mass is 19.1. The summed E-state index contributed by atoms with van der Waals surface area (Å²) >= 11 is 0. The molecule has 0 saturated heterocycles. The van der Waals surface area contributed by atoms with Gasteiger partial charge in [-0.15, -0.1) is 5.10 Å². The molecule has 0 spiro atoms. The molecular formula is C10H8FN7. The Morgan fingerprint density at radius 3 is 2.72 bits per heavy atom. The predicted molar refractivity (Wildman–Crippen MR) is 63.2 cm³/mol. The average Bonchev–Trinajstić information content (AvgIpc) is 2.67. The molecule has 7 nitrogen and oxygen atoms in total. The van der Waals surface area contributed by atoms with Crippen LogP contribution in [0.1, 0.15) is 0 Å². The summed E-state index contributed by atoms with van der Waals surface area (Å²) in [6.07, 6.45) is 1.34. The van der Waals surface area contributed by atoms with E-state index in [1.165, 1.54) is 23.1 Å². The number of hydrogen-bond acceptors (Lipinski definition) is 6. The molecule has 0 bridgehead atoms. The molecule has 3 rings (SSSR count). The Balaban J connectivity index is 2.35. The van der Waals surface area contributed by atoms with Crippen molar-refractivity contribution in [3.8, 4) is 5.82 Å². The van der Waals surface area contributed by atoms with Gasteiger partial charge in [0.1, 0.15) is 12.1 Å². The molecule has 0 aliphatic heterocycles. The number of nitrogens with zero attached hydrogens (tertiary/aromatic N) is 5. The van der Waals surface area contributed by atoms with Crippen molar-refractivity contribution in [2.45, 2.75) is 0 Å². The smallest absolute Gasteiger partial charge is 0.241 e.